The van der Waals surface area contributed by atoms with Crippen LogP contribution in [0.4, 0.5) is 0 Å². The van der Waals surface area contributed by atoms with Crippen molar-refractivity contribution in [2.45, 2.75) is 6.92 Å². The van der Waals surface area contributed by atoms with Crippen molar-refractivity contribution in [2.75, 3.05) is 0 Å². The van der Waals surface area contributed by atoms with Gasteiger partial charge in [-0.05, 0) is 24.6 Å². The van der Waals surface area contributed by atoms with Gasteiger partial charge in [0.15, 0.2) is 0 Å². The van der Waals surface area contributed by atoms with Crippen LogP contribution < -0.4 is 0 Å². The van der Waals surface area contributed by atoms with Crippen LogP contribution in [-0.2, 0) is 0 Å². The lowest BCUT2D eigenvalue weighted by Crippen LogP contribution is -1.64. The molecule has 0 spiro atoms. The molecule has 1 heteroatoms. The smallest absolute Gasteiger partial charge is 0.0827 e. The number of allylic oxidation sites excluding steroid dienone is 5. The van der Waals surface area contributed by atoms with E-state index in [1.54, 1.807) is 6.08 Å². The summed E-state index contributed by atoms with van der Waals surface area (Å²) in [5, 5.41) is 0.664. The molecule has 0 fully saturated rings. The molecule has 0 saturated carbocycles. The zero-order valence-electron chi connectivity index (χ0n) is 5.19. The molecule has 1 aliphatic carbocycles. The minimum atomic E-state index is 0.664. The normalized spacial score (nSPS) is 16.7. The van der Waals surface area contributed by atoms with Gasteiger partial charge in [0, 0.05) is 0 Å². The Balaban J connectivity index is 3.01. The van der Waals surface area contributed by atoms with Gasteiger partial charge in [-0.15, -0.1) is 5.73 Å². The predicted molar refractivity (Wildman–Crippen MR) is 40.3 cm³/mol. The summed E-state index contributed by atoms with van der Waals surface area (Å²) in [4.78, 5) is 0. The van der Waals surface area contributed by atoms with Crippen LogP contribution in [0.3, 0.4) is 0 Å². The first-order valence-corrected chi connectivity index (χ1v) is 3.14. The van der Waals surface area contributed by atoms with Gasteiger partial charge in [0.1, 0.15) is 0 Å². The highest BCUT2D eigenvalue weighted by molar-refractivity contribution is 6.31. The van der Waals surface area contributed by atoms with E-state index >= 15 is 0 Å². The first-order valence-electron chi connectivity index (χ1n) is 2.76. The molecule has 0 aromatic rings. The van der Waals surface area contributed by atoms with E-state index in [9.17, 15) is 0 Å². The van der Waals surface area contributed by atoms with Gasteiger partial charge in [0.25, 0.3) is 0 Å². The Bertz CT molecular complexity index is 225. The molecule has 1 aliphatic rings. The Kier molecular flexibility index (Phi) is 1.94. The number of rotatable bonds is 0. The molecule has 0 radical (unpaired) electrons. The van der Waals surface area contributed by atoms with Gasteiger partial charge in [-0.3, -0.25) is 0 Å². The Morgan fingerprint density at radius 2 is 2.33 bits per heavy atom. The predicted octanol–water partition coefficient (Wildman–Crippen LogP) is 2.78. The number of halogens is 1. The first-order chi connectivity index (χ1) is 4.29. The van der Waals surface area contributed by atoms with Crippen LogP contribution in [0.5, 0.6) is 0 Å². The van der Waals surface area contributed by atoms with Gasteiger partial charge in [0.05, 0.1) is 5.03 Å². The quantitative estimate of drug-likeness (QED) is 0.452. The van der Waals surface area contributed by atoms with Gasteiger partial charge < -0.3 is 0 Å². The Labute approximate surface area is 59.8 Å². The summed E-state index contributed by atoms with van der Waals surface area (Å²) in [6.45, 7) is 2.00. The second kappa shape index (κ2) is 2.72. The van der Waals surface area contributed by atoms with E-state index in [0.717, 1.165) is 5.57 Å². The van der Waals surface area contributed by atoms with E-state index < -0.39 is 0 Å². The Hall–Kier alpha value is -0.710. The molecule has 0 unspecified atom stereocenters. The molecule has 0 aromatic heterocycles. The van der Waals surface area contributed by atoms with Gasteiger partial charge in [-0.2, -0.15) is 0 Å². The summed E-state index contributed by atoms with van der Waals surface area (Å²) in [6, 6.07) is 0. The van der Waals surface area contributed by atoms with Crippen molar-refractivity contribution in [3.05, 3.63) is 40.6 Å². The standard InChI is InChI=1S/C8H7Cl/c1-7-4-2-3-5-8(9)6-7/h2-4,6H,1H3. The van der Waals surface area contributed by atoms with Crippen molar-refractivity contribution in [1.29, 1.82) is 0 Å². The summed E-state index contributed by atoms with van der Waals surface area (Å²) in [6.07, 6.45) is 7.58. The molecule has 46 valence electrons. The molecule has 0 atom stereocenters. The molecule has 9 heavy (non-hydrogen) atoms. The molecule has 0 heterocycles. The van der Waals surface area contributed by atoms with Crippen LogP contribution in [0.1, 0.15) is 6.92 Å². The van der Waals surface area contributed by atoms with Gasteiger partial charge in [-0.1, -0.05) is 23.8 Å². The van der Waals surface area contributed by atoms with Crippen LogP contribution in [0.15, 0.2) is 40.6 Å². The highest BCUT2D eigenvalue weighted by Crippen LogP contribution is 2.08. The third-order valence-electron chi connectivity index (χ3n) is 1.03. The summed E-state index contributed by atoms with van der Waals surface area (Å²) in [7, 11) is 0. The minimum absolute atomic E-state index is 0.664. The summed E-state index contributed by atoms with van der Waals surface area (Å²) >= 11 is 5.67. The average Bonchev–Trinajstić information content (AvgIpc) is 1.93. The topological polar surface area (TPSA) is 0 Å². The van der Waals surface area contributed by atoms with Crippen LogP contribution in [0.2, 0.25) is 0 Å². The van der Waals surface area contributed by atoms with Crippen molar-refractivity contribution in [3.63, 3.8) is 0 Å². The highest BCUT2D eigenvalue weighted by atomic mass is 35.5. The van der Waals surface area contributed by atoms with Crippen molar-refractivity contribution >= 4 is 11.6 Å². The SMILES string of the molecule is CC1=CC(Cl)=C=CC=C1. The van der Waals surface area contributed by atoms with E-state index in [0.29, 0.717) is 5.03 Å². The maximum atomic E-state index is 5.67. The summed E-state index contributed by atoms with van der Waals surface area (Å²) in [5.74, 6) is 0. The van der Waals surface area contributed by atoms with Crippen LogP contribution in [0.25, 0.3) is 0 Å². The maximum absolute atomic E-state index is 5.67. The van der Waals surface area contributed by atoms with E-state index in [1.807, 2.05) is 25.2 Å². The summed E-state index contributed by atoms with van der Waals surface area (Å²) < 4.78 is 0. The zero-order valence-corrected chi connectivity index (χ0v) is 5.94. The highest BCUT2D eigenvalue weighted by Gasteiger charge is 1.86. The number of hydrogen-bond acceptors (Lipinski definition) is 0. The van der Waals surface area contributed by atoms with E-state index in [2.05, 4.69) is 5.73 Å². The molecule has 0 aromatic carbocycles. The fourth-order valence-corrected chi connectivity index (χ4v) is 0.852. The van der Waals surface area contributed by atoms with E-state index in [4.69, 9.17) is 11.6 Å². The molecule has 0 nitrogen and oxygen atoms in total. The fourth-order valence-electron chi connectivity index (χ4n) is 0.617. The van der Waals surface area contributed by atoms with Gasteiger partial charge in [0.2, 0.25) is 0 Å². The average molecular weight is 139 g/mol. The Morgan fingerprint density at radius 1 is 1.56 bits per heavy atom. The molecule has 0 bridgehead atoms. The lowest BCUT2D eigenvalue weighted by Gasteiger charge is -1.84. The third kappa shape index (κ3) is 1.93. The second-order valence-corrected chi connectivity index (χ2v) is 2.31. The largest absolute Gasteiger partial charge is 0.101 e. The molecule has 0 aliphatic heterocycles. The third-order valence-corrected chi connectivity index (χ3v) is 1.25. The van der Waals surface area contributed by atoms with Gasteiger partial charge in [-0.25, -0.2) is 0 Å². The van der Waals surface area contributed by atoms with Crippen LogP contribution in [0, 0.1) is 0 Å². The van der Waals surface area contributed by atoms with Crippen molar-refractivity contribution in [1.82, 2.24) is 0 Å². The maximum Gasteiger partial charge on any atom is 0.0827 e. The molecule has 1 rings (SSSR count). The molecular weight excluding hydrogens is 132 g/mol. The van der Waals surface area contributed by atoms with Crippen LogP contribution in [-0.4, -0.2) is 0 Å². The lowest BCUT2D eigenvalue weighted by molar-refractivity contribution is 1.53. The summed E-state index contributed by atoms with van der Waals surface area (Å²) in [5.41, 5.74) is 4.02. The molecular formula is C8H7Cl. The monoisotopic (exact) mass is 138 g/mol. The zero-order chi connectivity index (χ0) is 6.69. The molecule has 0 saturated heterocycles. The van der Waals surface area contributed by atoms with E-state index in [1.165, 1.54) is 0 Å². The van der Waals surface area contributed by atoms with Crippen molar-refractivity contribution < 1.29 is 0 Å². The van der Waals surface area contributed by atoms with Gasteiger partial charge >= 0.3 is 0 Å². The van der Waals surface area contributed by atoms with Crippen LogP contribution >= 0.6 is 11.6 Å². The second-order valence-electron chi connectivity index (χ2n) is 1.91. The fraction of sp³-hybridized carbons (Fsp3) is 0.125. The first kappa shape index (κ1) is 6.41. The lowest BCUT2D eigenvalue weighted by atomic mass is 10.3. The molecule has 0 N–H and O–H groups in total. The Morgan fingerprint density at radius 3 is 3.11 bits per heavy atom. The number of hydrogen-bond donors (Lipinski definition) is 0. The van der Waals surface area contributed by atoms with Crippen molar-refractivity contribution in [2.24, 2.45) is 0 Å². The van der Waals surface area contributed by atoms with E-state index in [-0.39, 0.29) is 0 Å². The van der Waals surface area contributed by atoms with Crippen molar-refractivity contribution in [3.8, 4) is 0 Å². The minimum Gasteiger partial charge on any atom is -0.101 e. The molecule has 0 amide bonds.